The van der Waals surface area contributed by atoms with Gasteiger partial charge in [-0.25, -0.2) is 0 Å². The van der Waals surface area contributed by atoms with Crippen LogP contribution in [0.1, 0.15) is 515 Å². The van der Waals surface area contributed by atoms with Crippen LogP contribution in [0.15, 0.2) is 12.2 Å². The fourth-order valence-electron chi connectivity index (χ4n) is 14.4. The van der Waals surface area contributed by atoms with Crippen molar-refractivity contribution >= 4 is 11.9 Å². The van der Waals surface area contributed by atoms with Crippen LogP contribution in [0.4, 0.5) is 0 Å². The van der Waals surface area contributed by atoms with Crippen molar-refractivity contribution in [2.45, 2.75) is 527 Å². The third-order valence-corrected chi connectivity index (χ3v) is 21.1. The Hall–Kier alpha value is -1.40. The van der Waals surface area contributed by atoms with Gasteiger partial charge in [-0.3, -0.25) is 9.59 Å². The molecule has 0 heterocycles. The van der Waals surface area contributed by atoms with E-state index in [-0.39, 0.29) is 18.5 Å². The van der Waals surface area contributed by atoms with Crippen LogP contribution in [0.25, 0.3) is 0 Å². The Bertz CT molecular complexity index is 1430. The monoisotopic (exact) mass is 1320 g/mol. The van der Waals surface area contributed by atoms with Crippen LogP contribution in [-0.2, 0) is 14.3 Å². The predicted octanol–water partition coefficient (Wildman–Crippen LogP) is 29.4. The molecule has 0 radical (unpaired) electrons. The van der Waals surface area contributed by atoms with Crippen molar-refractivity contribution in [3.05, 3.63) is 12.2 Å². The molecule has 560 valence electrons. The molecule has 0 rings (SSSR count). The van der Waals surface area contributed by atoms with Gasteiger partial charge in [0.2, 0.25) is 5.91 Å². The Morgan fingerprint density at radius 1 is 0.287 bits per heavy atom. The molecule has 0 aliphatic rings. The molecule has 0 bridgehead atoms. The van der Waals surface area contributed by atoms with E-state index >= 15 is 0 Å². The van der Waals surface area contributed by atoms with Crippen LogP contribution >= 0.6 is 0 Å². The van der Waals surface area contributed by atoms with Crippen molar-refractivity contribution in [2.75, 3.05) is 13.2 Å². The SMILES string of the molecule is CCCCCCCCCCCCCCCCCCCCCC/C=C/C(O)C(CO)NC(=O)CCCCCCCCCCCCCCCCCCCCCCCCCCCCCCCCCCCCCCCOC(=O)CCCCCCCCCCCCCCCCCCCC. The van der Waals surface area contributed by atoms with E-state index in [1.54, 1.807) is 6.08 Å². The highest BCUT2D eigenvalue weighted by Gasteiger charge is 2.18. The van der Waals surface area contributed by atoms with Crippen molar-refractivity contribution in [1.29, 1.82) is 0 Å². The number of rotatable bonds is 84. The van der Waals surface area contributed by atoms with Crippen LogP contribution in [0.5, 0.6) is 0 Å². The summed E-state index contributed by atoms with van der Waals surface area (Å²) >= 11 is 0. The number of nitrogens with one attached hydrogen (secondary N) is 1. The van der Waals surface area contributed by atoms with Crippen LogP contribution in [-0.4, -0.2) is 47.4 Å². The molecule has 94 heavy (non-hydrogen) atoms. The van der Waals surface area contributed by atoms with Gasteiger partial charge in [-0.2, -0.15) is 0 Å². The van der Waals surface area contributed by atoms with E-state index in [1.807, 2.05) is 6.08 Å². The smallest absolute Gasteiger partial charge is 0.305 e. The Labute approximate surface area is 590 Å². The molecule has 3 N–H and O–H groups in total. The number of aliphatic hydroxyl groups excluding tert-OH is 2. The van der Waals surface area contributed by atoms with Gasteiger partial charge in [0.25, 0.3) is 0 Å². The lowest BCUT2D eigenvalue weighted by Gasteiger charge is -2.20. The van der Waals surface area contributed by atoms with Crippen LogP contribution < -0.4 is 5.32 Å². The van der Waals surface area contributed by atoms with Crippen molar-refractivity contribution in [3.63, 3.8) is 0 Å². The van der Waals surface area contributed by atoms with Gasteiger partial charge in [-0.1, -0.05) is 482 Å². The molecule has 0 aromatic carbocycles. The summed E-state index contributed by atoms with van der Waals surface area (Å²) in [5.41, 5.74) is 0. The highest BCUT2D eigenvalue weighted by atomic mass is 16.5. The Kier molecular flexibility index (Phi) is 82.8. The first-order chi connectivity index (χ1) is 46.5. The molecule has 0 spiro atoms. The quantitative estimate of drug-likeness (QED) is 0.0320. The minimum Gasteiger partial charge on any atom is -0.466 e. The summed E-state index contributed by atoms with van der Waals surface area (Å²) < 4.78 is 5.53. The van der Waals surface area contributed by atoms with Gasteiger partial charge in [-0.05, 0) is 32.1 Å². The van der Waals surface area contributed by atoms with Gasteiger partial charge < -0.3 is 20.3 Å². The minimum absolute atomic E-state index is 0.0291. The standard InChI is InChI=1S/C88H173NO5/c1-3-5-7-9-11-13-15-17-19-21-23-24-42-45-48-52-56-60-64-68-72-76-80-86(91)85(84-90)89-87(92)81-77-73-69-65-61-57-53-49-46-43-40-38-36-34-32-30-28-26-25-27-29-31-33-35-37-39-41-44-47-51-55-59-63-67-71-75-79-83-94-88(93)82-78-74-70-66-62-58-54-50-22-20-18-16-14-12-10-8-6-4-2/h76,80,85-86,90-91H,3-75,77-79,81-84H2,1-2H3,(H,89,92)/b80-76+. The minimum atomic E-state index is -0.841. The number of esters is 1. The molecule has 6 heteroatoms. The molecular weight excluding hydrogens is 1150 g/mol. The average molecular weight is 1330 g/mol. The molecule has 0 aromatic rings. The van der Waals surface area contributed by atoms with E-state index in [0.29, 0.717) is 19.4 Å². The van der Waals surface area contributed by atoms with E-state index in [9.17, 15) is 19.8 Å². The molecule has 0 aliphatic carbocycles. The Balaban J connectivity index is 3.31. The topological polar surface area (TPSA) is 95.9 Å². The first-order valence-electron chi connectivity index (χ1n) is 44.0. The molecule has 1 amide bonds. The molecule has 2 atom stereocenters. The second-order valence-corrected chi connectivity index (χ2v) is 30.6. The number of allylic oxidation sites excluding steroid dienone is 1. The van der Waals surface area contributed by atoms with Gasteiger partial charge in [0.05, 0.1) is 25.4 Å². The lowest BCUT2D eigenvalue weighted by molar-refractivity contribution is -0.143. The fraction of sp³-hybridized carbons (Fsp3) is 0.955. The summed E-state index contributed by atoms with van der Waals surface area (Å²) in [7, 11) is 0. The lowest BCUT2D eigenvalue weighted by atomic mass is 10.0. The summed E-state index contributed by atoms with van der Waals surface area (Å²) in [4.78, 5) is 24.7. The second kappa shape index (κ2) is 84.0. The first-order valence-corrected chi connectivity index (χ1v) is 44.0. The highest BCUT2D eigenvalue weighted by Crippen LogP contribution is 2.21. The van der Waals surface area contributed by atoms with Crippen molar-refractivity contribution in [1.82, 2.24) is 5.32 Å². The maximum absolute atomic E-state index is 12.6. The highest BCUT2D eigenvalue weighted by molar-refractivity contribution is 5.76. The van der Waals surface area contributed by atoms with Crippen molar-refractivity contribution in [3.8, 4) is 0 Å². The number of hydrogen-bond donors (Lipinski definition) is 3. The Morgan fingerprint density at radius 2 is 0.489 bits per heavy atom. The fourth-order valence-corrected chi connectivity index (χ4v) is 14.4. The number of carbonyl (C=O) groups excluding carboxylic acids is 2. The largest absolute Gasteiger partial charge is 0.466 e. The number of amides is 1. The van der Waals surface area contributed by atoms with E-state index in [4.69, 9.17) is 4.74 Å². The van der Waals surface area contributed by atoms with Crippen LogP contribution in [0.2, 0.25) is 0 Å². The Morgan fingerprint density at radius 3 is 0.723 bits per heavy atom. The number of hydrogen-bond acceptors (Lipinski definition) is 5. The van der Waals surface area contributed by atoms with Gasteiger partial charge in [-0.15, -0.1) is 0 Å². The van der Waals surface area contributed by atoms with Gasteiger partial charge in [0, 0.05) is 12.8 Å². The predicted molar refractivity (Wildman–Crippen MR) is 417 cm³/mol. The van der Waals surface area contributed by atoms with E-state index in [0.717, 1.165) is 38.5 Å². The molecule has 0 saturated carbocycles. The average Bonchev–Trinajstić information content (AvgIpc) is 3.78. The molecule has 0 saturated heterocycles. The zero-order valence-corrected chi connectivity index (χ0v) is 64.5. The molecule has 6 nitrogen and oxygen atoms in total. The van der Waals surface area contributed by atoms with Crippen molar-refractivity contribution in [2.24, 2.45) is 0 Å². The number of ether oxygens (including phenoxy) is 1. The summed E-state index contributed by atoms with van der Waals surface area (Å²) in [6, 6.07) is -0.624. The zero-order chi connectivity index (χ0) is 67.7. The maximum Gasteiger partial charge on any atom is 0.305 e. The summed E-state index contributed by atoms with van der Waals surface area (Å²) in [6.45, 7) is 4.98. The molecule has 0 fully saturated rings. The number of carbonyl (C=O) groups is 2. The van der Waals surface area contributed by atoms with Crippen LogP contribution in [0.3, 0.4) is 0 Å². The lowest BCUT2D eigenvalue weighted by Crippen LogP contribution is -2.45. The number of aliphatic hydroxyl groups is 2. The summed E-state index contributed by atoms with van der Waals surface area (Å²) in [6.07, 6.45) is 108. The molecule has 0 aromatic heterocycles. The van der Waals surface area contributed by atoms with Gasteiger partial charge >= 0.3 is 5.97 Å². The molecule has 0 aliphatic heterocycles. The molecular formula is C88H173NO5. The summed E-state index contributed by atoms with van der Waals surface area (Å²) in [5.74, 6) is -0.0272. The van der Waals surface area contributed by atoms with E-state index < -0.39 is 12.1 Å². The third kappa shape index (κ3) is 79.6. The first kappa shape index (κ1) is 92.6. The van der Waals surface area contributed by atoms with E-state index in [1.165, 1.54) is 449 Å². The second-order valence-electron chi connectivity index (χ2n) is 30.6. The zero-order valence-electron chi connectivity index (χ0n) is 64.5. The van der Waals surface area contributed by atoms with Crippen molar-refractivity contribution < 1.29 is 24.5 Å². The normalized spacial score (nSPS) is 12.4. The molecule has 2 unspecified atom stereocenters. The maximum atomic E-state index is 12.6. The third-order valence-electron chi connectivity index (χ3n) is 21.1. The van der Waals surface area contributed by atoms with E-state index in [2.05, 4.69) is 19.2 Å². The van der Waals surface area contributed by atoms with Gasteiger partial charge in [0.15, 0.2) is 0 Å². The van der Waals surface area contributed by atoms with Gasteiger partial charge in [0.1, 0.15) is 0 Å². The summed E-state index contributed by atoms with van der Waals surface area (Å²) in [5, 5.41) is 23.3. The van der Waals surface area contributed by atoms with Crippen LogP contribution in [0, 0.1) is 0 Å². The number of unbranched alkanes of at least 4 members (excludes halogenated alkanes) is 73.